The molecule has 0 aliphatic heterocycles. The highest BCUT2D eigenvalue weighted by atomic mass is 16.4. The van der Waals surface area contributed by atoms with Gasteiger partial charge in [-0.1, -0.05) is 49.4 Å². The number of carbonyl (C=O) groups is 2. The molecule has 1 N–H and O–H groups in total. The summed E-state index contributed by atoms with van der Waals surface area (Å²) in [6, 6.07) is 16.5. The van der Waals surface area contributed by atoms with Gasteiger partial charge in [0, 0.05) is 24.3 Å². The molecule has 2 aromatic carbocycles. The molecule has 0 amide bonds. The van der Waals surface area contributed by atoms with E-state index in [9.17, 15) is 19.5 Å². The minimum Gasteiger partial charge on any atom is -0.481 e. The maximum absolute atomic E-state index is 11.9. The highest BCUT2D eigenvalue weighted by molar-refractivity contribution is 5.88. The van der Waals surface area contributed by atoms with Crippen LogP contribution < -0.4 is 5.63 Å². The van der Waals surface area contributed by atoms with E-state index >= 15 is 0 Å². The van der Waals surface area contributed by atoms with Crippen molar-refractivity contribution in [2.24, 2.45) is 5.92 Å². The van der Waals surface area contributed by atoms with Crippen LogP contribution in [-0.4, -0.2) is 16.9 Å². The van der Waals surface area contributed by atoms with Crippen LogP contribution >= 0.6 is 0 Å². The minimum absolute atomic E-state index is 0.0489. The molecule has 1 aromatic heterocycles. The zero-order valence-corrected chi connectivity index (χ0v) is 16.4. The molecule has 5 heteroatoms. The minimum atomic E-state index is -0.843. The number of carboxylic acids is 1. The highest BCUT2D eigenvalue weighted by Crippen LogP contribution is 2.23. The zero-order valence-electron chi connectivity index (χ0n) is 16.4. The fourth-order valence-corrected chi connectivity index (χ4v) is 3.47. The van der Waals surface area contributed by atoms with E-state index < -0.39 is 17.5 Å². The second kappa shape index (κ2) is 9.32. The maximum atomic E-state index is 11.9. The summed E-state index contributed by atoms with van der Waals surface area (Å²) in [5.41, 5.74) is 2.43. The first-order valence-corrected chi connectivity index (χ1v) is 9.80. The Morgan fingerprint density at radius 2 is 1.79 bits per heavy atom. The van der Waals surface area contributed by atoms with Crippen molar-refractivity contribution < 1.29 is 19.1 Å². The first kappa shape index (κ1) is 20.5. The number of fused-ring (bicyclic) bond motifs is 1. The molecule has 1 heterocycles. The van der Waals surface area contributed by atoms with Crippen LogP contribution in [0, 0.1) is 5.92 Å². The van der Waals surface area contributed by atoms with Gasteiger partial charge in [-0.2, -0.15) is 0 Å². The van der Waals surface area contributed by atoms with Crippen molar-refractivity contribution >= 4 is 22.7 Å². The van der Waals surface area contributed by atoms with Gasteiger partial charge in [-0.15, -0.1) is 0 Å². The van der Waals surface area contributed by atoms with Gasteiger partial charge in [0.25, 0.3) is 0 Å². The molecule has 1 unspecified atom stereocenters. The molecule has 5 nitrogen and oxygen atoms in total. The van der Waals surface area contributed by atoms with Gasteiger partial charge in [0.05, 0.1) is 5.92 Å². The molecule has 0 fully saturated rings. The van der Waals surface area contributed by atoms with Crippen molar-refractivity contribution in [3.05, 3.63) is 81.7 Å². The summed E-state index contributed by atoms with van der Waals surface area (Å²) >= 11 is 0. The molecule has 0 bridgehead atoms. The molecule has 0 radical (unpaired) electrons. The Kier molecular flexibility index (Phi) is 6.60. The number of hydrogen-bond acceptors (Lipinski definition) is 4. The predicted octanol–water partition coefficient (Wildman–Crippen LogP) is 4.19. The number of Topliss-reactive ketones (excluding diaryl/α,β-unsaturated/α-hetero) is 1. The molecule has 0 spiro atoms. The van der Waals surface area contributed by atoms with E-state index in [2.05, 4.69) is 0 Å². The number of ketones is 1. The van der Waals surface area contributed by atoms with Gasteiger partial charge in [0.1, 0.15) is 11.4 Å². The first-order chi connectivity index (χ1) is 14.0. The molecule has 0 aliphatic rings. The molecule has 150 valence electrons. The van der Waals surface area contributed by atoms with Crippen molar-refractivity contribution in [2.45, 2.75) is 39.0 Å². The van der Waals surface area contributed by atoms with Crippen LogP contribution in [0.1, 0.15) is 36.5 Å². The van der Waals surface area contributed by atoms with Gasteiger partial charge < -0.3 is 9.52 Å². The second-order valence-corrected chi connectivity index (χ2v) is 7.25. The molecule has 0 aliphatic carbocycles. The number of aliphatic carboxylic acids is 1. The van der Waals surface area contributed by atoms with Gasteiger partial charge in [-0.3, -0.25) is 9.59 Å². The summed E-state index contributed by atoms with van der Waals surface area (Å²) in [5.74, 6) is -1.33. The third-order valence-corrected chi connectivity index (χ3v) is 5.13. The SMILES string of the molecule is CCC(=O)Cc1cc(=O)oc2cc(CC(CCc3ccccc3)C(=O)O)ccc12. The fraction of sp³-hybridized carbons (Fsp3) is 0.292. The Bertz CT molecular complexity index is 1070. The molecule has 0 saturated heterocycles. The van der Waals surface area contributed by atoms with Crippen LogP contribution in [0.5, 0.6) is 0 Å². The van der Waals surface area contributed by atoms with Gasteiger partial charge in [-0.25, -0.2) is 4.79 Å². The topological polar surface area (TPSA) is 84.6 Å². The van der Waals surface area contributed by atoms with Crippen LogP contribution in [0.3, 0.4) is 0 Å². The molecular formula is C24H24O5. The highest BCUT2D eigenvalue weighted by Gasteiger charge is 2.19. The van der Waals surface area contributed by atoms with E-state index in [0.29, 0.717) is 42.2 Å². The van der Waals surface area contributed by atoms with Crippen LogP contribution in [-0.2, 0) is 28.9 Å². The fourth-order valence-electron chi connectivity index (χ4n) is 3.47. The van der Waals surface area contributed by atoms with Crippen molar-refractivity contribution in [2.75, 3.05) is 0 Å². The van der Waals surface area contributed by atoms with Crippen molar-refractivity contribution in [1.82, 2.24) is 0 Å². The number of carboxylic acid groups (broad SMARTS) is 1. The van der Waals surface area contributed by atoms with Gasteiger partial charge in [-0.05, 0) is 42.0 Å². The van der Waals surface area contributed by atoms with Crippen LogP contribution in [0.25, 0.3) is 11.0 Å². The largest absolute Gasteiger partial charge is 0.481 e. The summed E-state index contributed by atoms with van der Waals surface area (Å²) in [4.78, 5) is 35.5. The van der Waals surface area contributed by atoms with Crippen LogP contribution in [0.2, 0.25) is 0 Å². The van der Waals surface area contributed by atoms with E-state index in [0.717, 1.165) is 11.1 Å². The Labute approximate surface area is 169 Å². The van der Waals surface area contributed by atoms with E-state index in [1.54, 1.807) is 13.0 Å². The van der Waals surface area contributed by atoms with Gasteiger partial charge >= 0.3 is 11.6 Å². The summed E-state index contributed by atoms with van der Waals surface area (Å²) in [6.45, 7) is 1.79. The van der Waals surface area contributed by atoms with Crippen molar-refractivity contribution in [1.29, 1.82) is 0 Å². The Balaban J connectivity index is 1.82. The van der Waals surface area contributed by atoms with E-state index in [1.807, 2.05) is 42.5 Å². The third kappa shape index (κ3) is 5.41. The summed E-state index contributed by atoms with van der Waals surface area (Å²) < 4.78 is 5.32. The summed E-state index contributed by atoms with van der Waals surface area (Å²) in [7, 11) is 0. The lowest BCUT2D eigenvalue weighted by Gasteiger charge is -2.13. The summed E-state index contributed by atoms with van der Waals surface area (Å²) in [5, 5.41) is 10.3. The molecule has 29 heavy (non-hydrogen) atoms. The normalized spacial score (nSPS) is 12.0. The van der Waals surface area contributed by atoms with Gasteiger partial charge in [0.15, 0.2) is 0 Å². The maximum Gasteiger partial charge on any atom is 0.336 e. The Morgan fingerprint density at radius 1 is 1.03 bits per heavy atom. The molecule has 3 rings (SSSR count). The molecule has 1 atom stereocenters. The number of benzene rings is 2. The molecule has 0 saturated carbocycles. The lowest BCUT2D eigenvalue weighted by molar-refractivity contribution is -0.141. The smallest absolute Gasteiger partial charge is 0.336 e. The second-order valence-electron chi connectivity index (χ2n) is 7.25. The zero-order chi connectivity index (χ0) is 20.8. The Hall–Kier alpha value is -3.21. The number of hydrogen-bond donors (Lipinski definition) is 1. The number of rotatable bonds is 9. The van der Waals surface area contributed by atoms with E-state index in [1.165, 1.54) is 6.07 Å². The van der Waals surface area contributed by atoms with E-state index in [-0.39, 0.29) is 12.2 Å². The predicted molar refractivity (Wildman–Crippen MR) is 111 cm³/mol. The average molecular weight is 392 g/mol. The lowest BCUT2D eigenvalue weighted by Crippen LogP contribution is -2.17. The van der Waals surface area contributed by atoms with Gasteiger partial charge in [0.2, 0.25) is 0 Å². The van der Waals surface area contributed by atoms with Crippen LogP contribution in [0.15, 0.2) is 63.8 Å². The van der Waals surface area contributed by atoms with Crippen LogP contribution in [0.4, 0.5) is 0 Å². The molecular weight excluding hydrogens is 368 g/mol. The monoisotopic (exact) mass is 392 g/mol. The number of aryl methyl sites for hydroxylation is 1. The lowest BCUT2D eigenvalue weighted by atomic mass is 9.92. The van der Waals surface area contributed by atoms with Crippen molar-refractivity contribution in [3.8, 4) is 0 Å². The standard InChI is InChI=1S/C24H24O5/c1-2-20(25)14-19-15-23(26)29-22-13-17(9-11-21(19)22)12-18(24(27)28)10-8-16-6-4-3-5-7-16/h3-7,9,11,13,15,18H,2,8,10,12,14H2,1H3,(H,27,28). The van der Waals surface area contributed by atoms with Crippen molar-refractivity contribution in [3.63, 3.8) is 0 Å². The Morgan fingerprint density at radius 3 is 2.48 bits per heavy atom. The molecule has 3 aromatic rings. The number of carbonyl (C=O) groups excluding carboxylic acids is 1. The third-order valence-electron chi connectivity index (χ3n) is 5.13. The quantitative estimate of drug-likeness (QED) is 0.552. The van der Waals surface area contributed by atoms with E-state index in [4.69, 9.17) is 4.42 Å². The first-order valence-electron chi connectivity index (χ1n) is 9.80. The summed E-state index contributed by atoms with van der Waals surface area (Å²) in [6.07, 6.45) is 2.14. The average Bonchev–Trinajstić information content (AvgIpc) is 2.71.